The monoisotopic (exact) mass is 654 g/mol. The van der Waals surface area contributed by atoms with E-state index in [1.54, 1.807) is 0 Å². The maximum atomic E-state index is 13.4. The number of guanidine groups is 1. The van der Waals surface area contributed by atoms with Crippen LogP contribution >= 0.6 is 0 Å². The summed E-state index contributed by atoms with van der Waals surface area (Å²) in [5.74, 6) is -5.78. The first-order valence-electron chi connectivity index (χ1n) is 14.2. The minimum atomic E-state index is -1.65. The van der Waals surface area contributed by atoms with Gasteiger partial charge in [0.05, 0.1) is 18.7 Å². The second-order valence-corrected chi connectivity index (χ2v) is 10.3. The van der Waals surface area contributed by atoms with Crippen LogP contribution in [-0.4, -0.2) is 122 Å². The van der Waals surface area contributed by atoms with E-state index in [1.165, 1.54) is 0 Å². The summed E-state index contributed by atoms with van der Waals surface area (Å²) < 4.78 is 0. The Hall–Kier alpha value is -5.06. The number of hydrogen-bond acceptors (Lipinski definition) is 14. The van der Waals surface area contributed by atoms with Crippen molar-refractivity contribution >= 4 is 47.4 Å². The van der Waals surface area contributed by atoms with Gasteiger partial charge in [0.2, 0.25) is 29.5 Å². The van der Waals surface area contributed by atoms with Crippen LogP contribution in [0.2, 0.25) is 0 Å². The third-order valence-electron chi connectivity index (χ3n) is 6.71. The van der Waals surface area contributed by atoms with Crippen molar-refractivity contribution in [1.29, 1.82) is 0 Å². The number of aliphatic imine (C=N–C) groups is 1. The lowest BCUT2D eigenvalue weighted by Crippen LogP contribution is -2.64. The van der Waals surface area contributed by atoms with Gasteiger partial charge in [-0.15, -0.1) is 0 Å². The predicted octanol–water partition coefficient (Wildman–Crippen LogP) is -8.62. The van der Waals surface area contributed by atoms with Crippen molar-refractivity contribution in [1.82, 2.24) is 42.5 Å². The van der Waals surface area contributed by atoms with Crippen LogP contribution in [0.15, 0.2) is 16.9 Å². The van der Waals surface area contributed by atoms with Crippen molar-refractivity contribution in [3.8, 4) is 0 Å². The van der Waals surface area contributed by atoms with E-state index < -0.39 is 103 Å². The van der Waals surface area contributed by atoms with Gasteiger partial charge in [0, 0.05) is 25.8 Å². The van der Waals surface area contributed by atoms with Crippen LogP contribution in [-0.2, 0) is 28.8 Å². The largest absolute Gasteiger partial charge is 0.394 e. The number of nitrogens with two attached hydrogens (primary N) is 5. The Morgan fingerprint density at radius 1 is 1.02 bits per heavy atom. The minimum Gasteiger partial charge on any atom is -0.394 e. The number of carbonyl (C=O) groups excluding carboxylic acids is 7. The Bertz CT molecular complexity index is 1230. The number of amides is 8. The van der Waals surface area contributed by atoms with E-state index in [4.69, 9.17) is 28.7 Å². The van der Waals surface area contributed by atoms with E-state index in [1.807, 2.05) is 5.32 Å². The molecule has 2 aliphatic heterocycles. The van der Waals surface area contributed by atoms with Crippen LogP contribution < -0.4 is 71.2 Å². The van der Waals surface area contributed by atoms with Gasteiger partial charge in [-0.25, -0.2) is 4.79 Å². The zero-order valence-electron chi connectivity index (χ0n) is 24.8. The molecule has 22 heteroatoms. The summed E-state index contributed by atoms with van der Waals surface area (Å²) in [6, 6.07) is -9.04. The van der Waals surface area contributed by atoms with E-state index in [9.17, 15) is 38.7 Å². The zero-order chi connectivity index (χ0) is 34.4. The molecule has 2 aliphatic rings. The highest BCUT2D eigenvalue weighted by molar-refractivity contribution is 6.02. The normalized spacial score (nSPS) is 26.6. The van der Waals surface area contributed by atoms with E-state index in [0.29, 0.717) is 6.42 Å². The first-order chi connectivity index (χ1) is 21.8. The average Bonchev–Trinajstić information content (AvgIpc) is 3.02. The summed E-state index contributed by atoms with van der Waals surface area (Å²) in [6.07, 6.45) is 1.61. The molecule has 0 aliphatic carbocycles. The Labute approximate surface area is 262 Å². The molecule has 0 bridgehead atoms. The summed E-state index contributed by atoms with van der Waals surface area (Å²) in [5, 5.41) is 28.6. The van der Waals surface area contributed by atoms with Crippen molar-refractivity contribution in [2.24, 2.45) is 33.7 Å². The van der Waals surface area contributed by atoms with Gasteiger partial charge in [-0.3, -0.25) is 33.8 Å². The highest BCUT2D eigenvalue weighted by Crippen LogP contribution is 2.07. The zero-order valence-corrected chi connectivity index (χ0v) is 24.8. The molecule has 8 amide bonds. The second-order valence-electron chi connectivity index (χ2n) is 10.3. The van der Waals surface area contributed by atoms with Gasteiger partial charge < -0.3 is 76.3 Å². The van der Waals surface area contributed by atoms with Crippen LogP contribution in [0.1, 0.15) is 19.3 Å². The van der Waals surface area contributed by atoms with E-state index in [0.717, 1.165) is 6.20 Å². The molecule has 0 aromatic carbocycles. The molecule has 1 saturated heterocycles. The Kier molecular flexibility index (Phi) is 14.6. The number of aliphatic hydroxyl groups is 1. The molecule has 0 aromatic rings. The Morgan fingerprint density at radius 2 is 1.72 bits per heavy atom. The molecule has 256 valence electrons. The summed E-state index contributed by atoms with van der Waals surface area (Å²) in [4.78, 5) is 93.7. The number of hydrogen-bond donors (Lipinski definition) is 14. The highest BCUT2D eigenvalue weighted by atomic mass is 16.3. The number of urea groups is 1. The number of rotatable bonds is 9. The Balaban J connectivity index is 2.49. The smallest absolute Gasteiger partial charge is 0.316 e. The summed E-state index contributed by atoms with van der Waals surface area (Å²) in [5.41, 5.74) is 27.4. The molecule has 0 spiro atoms. The number of carbonyl (C=O) groups is 7. The fraction of sp³-hybridized carbons (Fsp3) is 0.583. The fourth-order valence-electron chi connectivity index (χ4n) is 4.14. The van der Waals surface area contributed by atoms with E-state index >= 15 is 0 Å². The number of aliphatic hydroxyl groups excluding tert-OH is 1. The number of nitrogens with zero attached hydrogens (tertiary/aromatic N) is 1. The van der Waals surface area contributed by atoms with Crippen molar-refractivity contribution in [2.75, 3.05) is 32.8 Å². The SMILES string of the molecule is NCCCC(N)C(=O)NCC1NC(=O)C(CO)NC(=O)C(N)CNC(=O)C(C2CCN=C(N)N2)NC(=O)C(=CNC(N)=O)NC1=O. The van der Waals surface area contributed by atoms with Gasteiger partial charge in [0.25, 0.3) is 5.91 Å². The van der Waals surface area contributed by atoms with Crippen LogP contribution in [0.25, 0.3) is 0 Å². The van der Waals surface area contributed by atoms with E-state index in [2.05, 4.69) is 42.2 Å². The van der Waals surface area contributed by atoms with Crippen LogP contribution in [0, 0.1) is 0 Å². The fourth-order valence-corrected chi connectivity index (χ4v) is 4.14. The van der Waals surface area contributed by atoms with Gasteiger partial charge in [-0.2, -0.15) is 0 Å². The molecule has 0 saturated carbocycles. The summed E-state index contributed by atoms with van der Waals surface area (Å²) in [6.45, 7) is -1.51. The predicted molar refractivity (Wildman–Crippen MR) is 160 cm³/mol. The highest BCUT2D eigenvalue weighted by Gasteiger charge is 2.35. The molecule has 2 rings (SSSR count). The maximum Gasteiger partial charge on any atom is 0.316 e. The Morgan fingerprint density at radius 3 is 2.35 bits per heavy atom. The van der Waals surface area contributed by atoms with Gasteiger partial charge in [0.1, 0.15) is 29.9 Å². The molecule has 2 heterocycles. The van der Waals surface area contributed by atoms with Crippen molar-refractivity contribution in [3.63, 3.8) is 0 Å². The molecule has 0 radical (unpaired) electrons. The van der Waals surface area contributed by atoms with Gasteiger partial charge in [-0.1, -0.05) is 0 Å². The standard InChI is InChI=1S/C24H42N14O8/c25-4-1-2-10(26)17(40)32-7-13-19(42)34-14(8-33-24(29)46)20(43)38-16(12-3-5-30-23(28)37-12)22(45)31-6-11(27)18(41)36-15(9-39)21(44)35-13/h8,10-13,15-16,39H,1-7,9,25-27H2,(H,31,45)(H,32,40)(H,34,42)(H,35,44)(H,36,41)(H,38,43)(H3,28,30,37)(H3,29,33,46). The lowest BCUT2D eigenvalue weighted by atomic mass is 10.0. The molecule has 22 nitrogen and oxygen atoms in total. The van der Waals surface area contributed by atoms with Crippen molar-refractivity contribution < 1.29 is 38.7 Å². The topological polar surface area (TPSA) is 378 Å². The maximum absolute atomic E-state index is 13.4. The van der Waals surface area contributed by atoms with Gasteiger partial charge >= 0.3 is 6.03 Å². The van der Waals surface area contributed by atoms with Gasteiger partial charge in [-0.05, 0) is 25.8 Å². The summed E-state index contributed by atoms with van der Waals surface area (Å²) >= 11 is 0. The summed E-state index contributed by atoms with van der Waals surface area (Å²) in [7, 11) is 0. The third-order valence-corrected chi connectivity index (χ3v) is 6.71. The quantitative estimate of drug-likeness (QED) is 0.103. The van der Waals surface area contributed by atoms with Crippen molar-refractivity contribution in [3.05, 3.63) is 11.9 Å². The average molecular weight is 655 g/mol. The molecule has 6 unspecified atom stereocenters. The minimum absolute atomic E-state index is 0.0144. The number of nitrogens with one attached hydrogen (secondary N) is 8. The molecule has 6 atom stereocenters. The molecular weight excluding hydrogens is 612 g/mol. The lowest BCUT2D eigenvalue weighted by molar-refractivity contribution is -0.134. The van der Waals surface area contributed by atoms with Crippen LogP contribution in [0.5, 0.6) is 0 Å². The van der Waals surface area contributed by atoms with Crippen LogP contribution in [0.4, 0.5) is 4.79 Å². The third kappa shape index (κ3) is 11.5. The molecule has 1 fully saturated rings. The first-order valence-corrected chi connectivity index (χ1v) is 14.2. The van der Waals surface area contributed by atoms with Gasteiger partial charge in [0.15, 0.2) is 5.96 Å². The molecular formula is C24H42N14O8. The first kappa shape index (κ1) is 37.1. The molecule has 0 aromatic heterocycles. The van der Waals surface area contributed by atoms with Crippen LogP contribution in [0.3, 0.4) is 0 Å². The van der Waals surface area contributed by atoms with E-state index in [-0.39, 0.29) is 31.9 Å². The molecule has 46 heavy (non-hydrogen) atoms. The molecule has 19 N–H and O–H groups in total. The second kappa shape index (κ2) is 18.0. The van der Waals surface area contributed by atoms with Crippen molar-refractivity contribution in [2.45, 2.75) is 55.5 Å². The number of primary amides is 1. The lowest BCUT2D eigenvalue weighted by Gasteiger charge is -2.31.